The molecule has 0 bridgehead atoms. The summed E-state index contributed by atoms with van der Waals surface area (Å²) < 4.78 is 1.20. The van der Waals surface area contributed by atoms with E-state index in [1.54, 1.807) is 0 Å². The van der Waals surface area contributed by atoms with Crippen molar-refractivity contribution in [2.45, 2.75) is 51.1 Å². The fraction of sp³-hybridized carbons (Fsp3) is 0.647. The number of benzene rings is 1. The molecule has 2 rings (SSSR count). The molecule has 1 saturated carbocycles. The van der Waals surface area contributed by atoms with Crippen molar-refractivity contribution in [3.05, 3.63) is 34.3 Å². The summed E-state index contributed by atoms with van der Waals surface area (Å²) in [5, 5.41) is 0. The Bertz CT molecular complexity index is 425. The van der Waals surface area contributed by atoms with E-state index in [1.807, 2.05) is 0 Å². The first-order valence-corrected chi connectivity index (χ1v) is 8.55. The van der Waals surface area contributed by atoms with Gasteiger partial charge >= 0.3 is 0 Å². The molecule has 2 nitrogen and oxygen atoms in total. The van der Waals surface area contributed by atoms with Crippen molar-refractivity contribution in [2.75, 3.05) is 13.6 Å². The maximum atomic E-state index is 6.16. The average molecular weight is 339 g/mol. The molecule has 0 aliphatic heterocycles. The Kier molecular flexibility index (Phi) is 5.65. The van der Waals surface area contributed by atoms with Crippen molar-refractivity contribution in [3.8, 4) is 0 Å². The van der Waals surface area contributed by atoms with E-state index in [2.05, 4.69) is 59.1 Å². The zero-order chi connectivity index (χ0) is 14.6. The second-order valence-corrected chi connectivity index (χ2v) is 7.08. The van der Waals surface area contributed by atoms with Gasteiger partial charge in [-0.05, 0) is 50.3 Å². The Morgan fingerprint density at radius 1 is 1.30 bits per heavy atom. The highest BCUT2D eigenvalue weighted by Crippen LogP contribution is 2.37. The van der Waals surface area contributed by atoms with E-state index in [0.717, 1.165) is 19.0 Å². The number of rotatable bonds is 5. The third kappa shape index (κ3) is 3.44. The van der Waals surface area contributed by atoms with Crippen molar-refractivity contribution >= 4 is 15.9 Å². The maximum absolute atomic E-state index is 6.16. The molecular weight excluding hydrogens is 312 g/mol. The van der Waals surface area contributed by atoms with Crippen LogP contribution in [0.4, 0.5) is 0 Å². The first kappa shape index (κ1) is 16.0. The van der Waals surface area contributed by atoms with Gasteiger partial charge in [-0.1, -0.05) is 47.5 Å². The van der Waals surface area contributed by atoms with Crippen LogP contribution in [0.15, 0.2) is 28.7 Å². The van der Waals surface area contributed by atoms with Crippen LogP contribution < -0.4 is 5.73 Å². The van der Waals surface area contributed by atoms with Crippen molar-refractivity contribution in [1.29, 1.82) is 0 Å². The molecule has 3 heteroatoms. The highest BCUT2D eigenvalue weighted by atomic mass is 79.9. The van der Waals surface area contributed by atoms with Gasteiger partial charge in [-0.3, -0.25) is 4.90 Å². The van der Waals surface area contributed by atoms with Gasteiger partial charge in [0.2, 0.25) is 0 Å². The minimum absolute atomic E-state index is 0.195. The highest BCUT2D eigenvalue weighted by molar-refractivity contribution is 9.10. The lowest BCUT2D eigenvalue weighted by atomic mass is 9.74. The Labute approximate surface area is 131 Å². The van der Waals surface area contributed by atoms with Crippen LogP contribution in [-0.4, -0.2) is 24.0 Å². The molecule has 1 aliphatic rings. The summed E-state index contributed by atoms with van der Waals surface area (Å²) in [7, 11) is 2.23. The average Bonchev–Trinajstić information content (AvgIpc) is 2.49. The maximum Gasteiger partial charge on any atom is 0.0332 e. The zero-order valence-corrected chi connectivity index (χ0v) is 14.3. The molecule has 0 radical (unpaired) electrons. The van der Waals surface area contributed by atoms with Crippen molar-refractivity contribution in [2.24, 2.45) is 11.7 Å². The van der Waals surface area contributed by atoms with Gasteiger partial charge < -0.3 is 5.73 Å². The Morgan fingerprint density at radius 3 is 2.50 bits per heavy atom. The van der Waals surface area contributed by atoms with Crippen molar-refractivity contribution in [1.82, 2.24) is 4.90 Å². The SMILES string of the molecule is CCC1CCC(CN)(N(C)Cc2ccccc2Br)CC1. The summed E-state index contributed by atoms with van der Waals surface area (Å²) in [4.78, 5) is 2.49. The van der Waals surface area contributed by atoms with Gasteiger partial charge in [0, 0.05) is 23.1 Å². The van der Waals surface area contributed by atoms with Crippen LogP contribution in [-0.2, 0) is 6.54 Å². The number of nitrogens with zero attached hydrogens (tertiary/aromatic N) is 1. The molecule has 0 aromatic heterocycles. The quantitative estimate of drug-likeness (QED) is 0.872. The zero-order valence-electron chi connectivity index (χ0n) is 12.7. The normalized spacial score (nSPS) is 26.9. The van der Waals surface area contributed by atoms with Crippen LogP contribution in [0.3, 0.4) is 0 Å². The van der Waals surface area contributed by atoms with Gasteiger partial charge in [0.05, 0.1) is 0 Å². The number of hydrogen-bond acceptors (Lipinski definition) is 2. The van der Waals surface area contributed by atoms with E-state index >= 15 is 0 Å². The van der Waals surface area contributed by atoms with Crippen molar-refractivity contribution in [3.63, 3.8) is 0 Å². The second-order valence-electron chi connectivity index (χ2n) is 6.23. The first-order valence-electron chi connectivity index (χ1n) is 7.76. The van der Waals surface area contributed by atoms with E-state index in [1.165, 1.54) is 42.1 Å². The predicted molar refractivity (Wildman–Crippen MR) is 89.6 cm³/mol. The highest BCUT2D eigenvalue weighted by Gasteiger charge is 2.37. The summed E-state index contributed by atoms with van der Waals surface area (Å²) in [5.74, 6) is 0.909. The molecule has 1 aliphatic carbocycles. The molecular formula is C17H27BrN2. The minimum atomic E-state index is 0.195. The summed E-state index contributed by atoms with van der Waals surface area (Å²) in [6.45, 7) is 4.05. The van der Waals surface area contributed by atoms with E-state index < -0.39 is 0 Å². The molecule has 0 saturated heterocycles. The molecule has 0 heterocycles. The van der Waals surface area contributed by atoms with Crippen LogP contribution >= 0.6 is 15.9 Å². The van der Waals surface area contributed by atoms with Crippen molar-refractivity contribution < 1.29 is 0 Å². The molecule has 1 aromatic carbocycles. The lowest BCUT2D eigenvalue weighted by Crippen LogP contribution is -2.53. The fourth-order valence-corrected chi connectivity index (χ4v) is 3.82. The molecule has 0 spiro atoms. The van der Waals surface area contributed by atoms with Gasteiger partial charge in [-0.25, -0.2) is 0 Å². The monoisotopic (exact) mass is 338 g/mol. The number of nitrogens with two attached hydrogens (primary N) is 1. The number of halogens is 1. The second kappa shape index (κ2) is 7.06. The van der Waals surface area contributed by atoms with Crippen LogP contribution in [0.2, 0.25) is 0 Å². The van der Waals surface area contributed by atoms with Gasteiger partial charge in [-0.2, -0.15) is 0 Å². The topological polar surface area (TPSA) is 29.3 Å². The smallest absolute Gasteiger partial charge is 0.0332 e. The predicted octanol–water partition coefficient (Wildman–Crippen LogP) is 4.18. The Balaban J connectivity index is 2.06. The summed E-state index contributed by atoms with van der Waals surface area (Å²) in [5.41, 5.74) is 7.71. The molecule has 1 aromatic rings. The van der Waals surface area contributed by atoms with Crippen LogP contribution in [0.5, 0.6) is 0 Å². The molecule has 1 fully saturated rings. The largest absolute Gasteiger partial charge is 0.329 e. The molecule has 0 unspecified atom stereocenters. The minimum Gasteiger partial charge on any atom is -0.329 e. The van der Waals surface area contributed by atoms with Crippen LogP contribution in [0.25, 0.3) is 0 Å². The van der Waals surface area contributed by atoms with E-state index in [4.69, 9.17) is 5.73 Å². The Morgan fingerprint density at radius 2 is 1.95 bits per heavy atom. The lowest BCUT2D eigenvalue weighted by Gasteiger charge is -2.46. The lowest BCUT2D eigenvalue weighted by molar-refractivity contribution is 0.0578. The summed E-state index contributed by atoms with van der Waals surface area (Å²) in [6, 6.07) is 8.49. The number of hydrogen-bond donors (Lipinski definition) is 1. The molecule has 2 N–H and O–H groups in total. The van der Waals surface area contributed by atoms with Gasteiger partial charge in [0.1, 0.15) is 0 Å². The van der Waals surface area contributed by atoms with Crippen LogP contribution in [0.1, 0.15) is 44.6 Å². The van der Waals surface area contributed by atoms with Gasteiger partial charge in [0.15, 0.2) is 0 Å². The van der Waals surface area contributed by atoms with E-state index in [0.29, 0.717) is 0 Å². The summed E-state index contributed by atoms with van der Waals surface area (Å²) >= 11 is 3.65. The Hall–Kier alpha value is -0.380. The van der Waals surface area contributed by atoms with Gasteiger partial charge in [0.25, 0.3) is 0 Å². The third-order valence-electron chi connectivity index (χ3n) is 5.17. The van der Waals surface area contributed by atoms with E-state index in [9.17, 15) is 0 Å². The van der Waals surface area contributed by atoms with Gasteiger partial charge in [-0.15, -0.1) is 0 Å². The number of likely N-dealkylation sites (N-methyl/N-ethyl adjacent to an activating group) is 1. The third-order valence-corrected chi connectivity index (χ3v) is 5.94. The standard InChI is InChI=1S/C17H27BrN2/c1-3-14-8-10-17(13-19,11-9-14)20(2)12-15-6-4-5-7-16(15)18/h4-7,14H,3,8-13,19H2,1-2H3. The summed E-state index contributed by atoms with van der Waals surface area (Å²) in [6.07, 6.45) is 6.45. The molecule has 0 amide bonds. The molecule has 20 heavy (non-hydrogen) atoms. The fourth-order valence-electron chi connectivity index (χ4n) is 3.41. The molecule has 0 atom stereocenters. The van der Waals surface area contributed by atoms with E-state index in [-0.39, 0.29) is 5.54 Å². The first-order chi connectivity index (χ1) is 9.61. The van der Waals surface area contributed by atoms with Crippen LogP contribution in [0, 0.1) is 5.92 Å². The molecule has 112 valence electrons.